The smallest absolute Gasteiger partial charge is 0.305 e. The minimum atomic E-state index is -0.000128. The van der Waals surface area contributed by atoms with Crippen LogP contribution in [0.3, 0.4) is 0 Å². The first-order chi connectivity index (χ1) is 10.9. The van der Waals surface area contributed by atoms with Gasteiger partial charge in [0, 0.05) is 6.61 Å². The van der Waals surface area contributed by atoms with Gasteiger partial charge < -0.3 is 9.47 Å². The number of benzene rings is 2. The van der Waals surface area contributed by atoms with E-state index in [9.17, 15) is 0 Å². The molecule has 0 amide bonds. The van der Waals surface area contributed by atoms with Crippen molar-refractivity contribution in [3.8, 4) is 11.8 Å². The van der Waals surface area contributed by atoms with E-state index < -0.39 is 0 Å². The van der Waals surface area contributed by atoms with Gasteiger partial charge in [0.2, 0.25) is 0 Å². The molecule has 1 fully saturated rings. The second-order valence-corrected chi connectivity index (χ2v) is 5.49. The molecular formula is C18H18N2O2. The van der Waals surface area contributed by atoms with Crippen LogP contribution in [-0.2, 0) is 4.74 Å². The number of hydrogen-bond acceptors (Lipinski definition) is 3. The summed E-state index contributed by atoms with van der Waals surface area (Å²) < 4.78 is 14.1. The molecule has 22 heavy (non-hydrogen) atoms. The molecule has 0 aliphatic carbocycles. The highest BCUT2D eigenvalue weighted by molar-refractivity contribution is 5.76. The maximum Gasteiger partial charge on any atom is 0.305 e. The zero-order valence-corrected chi connectivity index (χ0v) is 12.3. The fourth-order valence-electron chi connectivity index (χ4n) is 2.89. The van der Waals surface area contributed by atoms with E-state index in [2.05, 4.69) is 15.6 Å². The molecule has 4 heteroatoms. The summed E-state index contributed by atoms with van der Waals surface area (Å²) in [6.45, 7) is 0.794. The van der Waals surface area contributed by atoms with E-state index in [1.54, 1.807) is 0 Å². The Kier molecular flexibility index (Phi) is 3.52. The van der Waals surface area contributed by atoms with Crippen LogP contribution in [0.1, 0.15) is 25.5 Å². The fraction of sp³-hybridized carbons (Fsp3) is 0.278. The number of ether oxygens (including phenoxy) is 2. The van der Waals surface area contributed by atoms with Crippen LogP contribution in [0.2, 0.25) is 0 Å². The third kappa shape index (κ3) is 2.46. The third-order valence-corrected chi connectivity index (χ3v) is 3.96. The van der Waals surface area contributed by atoms with Gasteiger partial charge in [-0.1, -0.05) is 30.3 Å². The topological polar surface area (TPSA) is 36.3 Å². The number of fused-ring (bicyclic) bond motifs is 1. The first kappa shape index (κ1) is 13.3. The first-order valence-corrected chi connectivity index (χ1v) is 7.73. The highest BCUT2D eigenvalue weighted by Gasteiger charge is 2.23. The van der Waals surface area contributed by atoms with Crippen LogP contribution < -0.4 is 4.74 Å². The normalized spacial score (nSPS) is 18.5. The Morgan fingerprint density at radius 2 is 1.82 bits per heavy atom. The molecule has 0 radical (unpaired) electrons. The van der Waals surface area contributed by atoms with Gasteiger partial charge in [-0.25, -0.2) is 0 Å². The van der Waals surface area contributed by atoms with Gasteiger partial charge in [0.05, 0.1) is 11.0 Å². The van der Waals surface area contributed by atoms with Gasteiger partial charge in [0.1, 0.15) is 12.0 Å². The standard InChI is InChI=1S/C18H18N2O2/c1-2-8-14(9-3-1)22-18-19-15-10-4-5-11-16(15)20(18)17-12-6-7-13-21-17/h1-5,8-11,17H,6-7,12-13H2. The van der Waals surface area contributed by atoms with E-state index in [0.29, 0.717) is 6.01 Å². The molecule has 4 nitrogen and oxygen atoms in total. The number of para-hydroxylation sites is 3. The van der Waals surface area contributed by atoms with E-state index >= 15 is 0 Å². The maximum absolute atomic E-state index is 6.02. The molecule has 3 aromatic rings. The molecule has 1 aliphatic rings. The van der Waals surface area contributed by atoms with Gasteiger partial charge in [-0.2, -0.15) is 4.98 Å². The first-order valence-electron chi connectivity index (χ1n) is 7.73. The minimum Gasteiger partial charge on any atom is -0.425 e. The Balaban J connectivity index is 1.79. The Labute approximate surface area is 129 Å². The Morgan fingerprint density at radius 1 is 1.00 bits per heavy atom. The van der Waals surface area contributed by atoms with E-state index in [0.717, 1.165) is 36.2 Å². The number of aromatic nitrogens is 2. The molecule has 2 heterocycles. The second kappa shape index (κ2) is 5.81. The van der Waals surface area contributed by atoms with Crippen molar-refractivity contribution >= 4 is 11.0 Å². The van der Waals surface area contributed by atoms with Crippen molar-refractivity contribution in [2.45, 2.75) is 25.5 Å². The molecule has 1 atom stereocenters. The van der Waals surface area contributed by atoms with E-state index in [4.69, 9.17) is 9.47 Å². The predicted molar refractivity (Wildman–Crippen MR) is 85.1 cm³/mol. The third-order valence-electron chi connectivity index (χ3n) is 3.96. The van der Waals surface area contributed by atoms with E-state index in [-0.39, 0.29) is 6.23 Å². The predicted octanol–water partition coefficient (Wildman–Crippen LogP) is 4.53. The summed E-state index contributed by atoms with van der Waals surface area (Å²) in [6.07, 6.45) is 3.28. The quantitative estimate of drug-likeness (QED) is 0.712. The van der Waals surface area contributed by atoms with Crippen molar-refractivity contribution in [3.63, 3.8) is 0 Å². The van der Waals surface area contributed by atoms with Crippen LogP contribution in [0, 0.1) is 0 Å². The average Bonchev–Trinajstić information content (AvgIpc) is 2.94. The van der Waals surface area contributed by atoms with Crippen molar-refractivity contribution in [1.82, 2.24) is 9.55 Å². The SMILES string of the molecule is c1ccc(Oc2nc3ccccc3n2C2CCCCO2)cc1. The van der Waals surface area contributed by atoms with Gasteiger partial charge in [-0.3, -0.25) is 4.57 Å². The Hall–Kier alpha value is -2.33. The van der Waals surface area contributed by atoms with Crippen LogP contribution >= 0.6 is 0 Å². The van der Waals surface area contributed by atoms with Gasteiger partial charge >= 0.3 is 6.01 Å². The maximum atomic E-state index is 6.02. The van der Waals surface area contributed by atoms with Crippen LogP contribution in [0.5, 0.6) is 11.8 Å². The van der Waals surface area contributed by atoms with Gasteiger partial charge in [-0.15, -0.1) is 0 Å². The van der Waals surface area contributed by atoms with E-state index in [1.165, 1.54) is 6.42 Å². The summed E-state index contributed by atoms with van der Waals surface area (Å²) in [7, 11) is 0. The lowest BCUT2D eigenvalue weighted by Crippen LogP contribution is -2.18. The van der Waals surface area contributed by atoms with Crippen molar-refractivity contribution in [3.05, 3.63) is 54.6 Å². The van der Waals surface area contributed by atoms with Crippen molar-refractivity contribution < 1.29 is 9.47 Å². The summed E-state index contributed by atoms with van der Waals surface area (Å²) in [5, 5.41) is 0. The lowest BCUT2D eigenvalue weighted by molar-refractivity contribution is -0.0325. The fourth-order valence-corrected chi connectivity index (χ4v) is 2.89. The summed E-state index contributed by atoms with van der Waals surface area (Å²) in [4.78, 5) is 4.64. The Bertz CT molecular complexity index is 761. The highest BCUT2D eigenvalue weighted by atomic mass is 16.5. The van der Waals surface area contributed by atoms with Crippen molar-refractivity contribution in [1.29, 1.82) is 0 Å². The van der Waals surface area contributed by atoms with Crippen LogP contribution in [0.4, 0.5) is 0 Å². The summed E-state index contributed by atoms with van der Waals surface area (Å²) in [5.41, 5.74) is 1.99. The molecule has 2 aromatic carbocycles. The molecule has 0 bridgehead atoms. The summed E-state index contributed by atoms with van der Waals surface area (Å²) >= 11 is 0. The lowest BCUT2D eigenvalue weighted by atomic mass is 10.2. The monoisotopic (exact) mass is 294 g/mol. The minimum absolute atomic E-state index is 0.000128. The van der Waals surface area contributed by atoms with Gasteiger partial charge in [0.15, 0.2) is 0 Å². The molecular weight excluding hydrogens is 276 g/mol. The average molecular weight is 294 g/mol. The van der Waals surface area contributed by atoms with Crippen LogP contribution in [0.15, 0.2) is 54.6 Å². The van der Waals surface area contributed by atoms with E-state index in [1.807, 2.05) is 48.5 Å². The zero-order valence-electron chi connectivity index (χ0n) is 12.3. The highest BCUT2D eigenvalue weighted by Crippen LogP contribution is 2.33. The molecule has 112 valence electrons. The summed E-state index contributed by atoms with van der Waals surface area (Å²) in [6, 6.07) is 18.4. The Morgan fingerprint density at radius 3 is 2.64 bits per heavy atom. The molecule has 1 unspecified atom stereocenters. The number of hydrogen-bond donors (Lipinski definition) is 0. The van der Waals surface area contributed by atoms with Crippen LogP contribution in [0.25, 0.3) is 11.0 Å². The van der Waals surface area contributed by atoms with Crippen LogP contribution in [-0.4, -0.2) is 16.2 Å². The number of rotatable bonds is 3. The molecule has 0 spiro atoms. The van der Waals surface area contributed by atoms with Crippen molar-refractivity contribution in [2.24, 2.45) is 0 Å². The molecule has 0 saturated carbocycles. The lowest BCUT2D eigenvalue weighted by Gasteiger charge is -2.25. The molecule has 1 saturated heterocycles. The summed E-state index contributed by atoms with van der Waals surface area (Å²) in [5.74, 6) is 0.787. The van der Waals surface area contributed by atoms with Gasteiger partial charge in [-0.05, 0) is 43.5 Å². The van der Waals surface area contributed by atoms with Gasteiger partial charge in [0.25, 0.3) is 0 Å². The number of nitrogens with zero attached hydrogens (tertiary/aromatic N) is 2. The molecule has 1 aliphatic heterocycles. The molecule has 0 N–H and O–H groups in total. The second-order valence-electron chi connectivity index (χ2n) is 5.49. The largest absolute Gasteiger partial charge is 0.425 e. The molecule has 4 rings (SSSR count). The zero-order chi connectivity index (χ0) is 14.8. The number of imidazole rings is 1. The molecule has 1 aromatic heterocycles. The van der Waals surface area contributed by atoms with Crippen molar-refractivity contribution in [2.75, 3.05) is 6.61 Å².